The minimum Gasteiger partial charge on any atom is -0.382 e. The van der Waals surface area contributed by atoms with Gasteiger partial charge in [-0.1, -0.05) is 28.1 Å². The number of nitrogens with two attached hydrogens (primary N) is 1. The van der Waals surface area contributed by atoms with Crippen LogP contribution in [0.3, 0.4) is 0 Å². The number of nitrogens with zero attached hydrogens (tertiary/aromatic N) is 2. The molecule has 0 fully saturated rings. The topological polar surface area (TPSA) is 51.8 Å². The summed E-state index contributed by atoms with van der Waals surface area (Å²) in [5.74, 6) is 0.436. The van der Waals surface area contributed by atoms with E-state index in [1.165, 1.54) is 6.20 Å². The molecule has 0 amide bonds. The van der Waals surface area contributed by atoms with Crippen molar-refractivity contribution in [3.63, 3.8) is 0 Å². The van der Waals surface area contributed by atoms with Gasteiger partial charge in [0.15, 0.2) is 0 Å². The molecular weight excluding hydrogens is 242 g/mol. The fourth-order valence-corrected chi connectivity index (χ4v) is 1.41. The van der Waals surface area contributed by atoms with Crippen molar-refractivity contribution in [1.29, 1.82) is 0 Å². The second kappa shape index (κ2) is 3.75. The quantitative estimate of drug-likeness (QED) is 0.845. The van der Waals surface area contributed by atoms with Gasteiger partial charge in [0.1, 0.15) is 5.82 Å². The van der Waals surface area contributed by atoms with Crippen LogP contribution in [0.5, 0.6) is 0 Å². The van der Waals surface area contributed by atoms with Gasteiger partial charge in [-0.2, -0.15) is 0 Å². The Labute approximate surface area is 90.1 Å². The number of benzene rings is 1. The summed E-state index contributed by atoms with van der Waals surface area (Å²) in [6, 6.07) is 7.85. The Morgan fingerprint density at radius 3 is 2.43 bits per heavy atom. The number of aromatic nitrogens is 2. The van der Waals surface area contributed by atoms with E-state index in [2.05, 4.69) is 25.9 Å². The lowest BCUT2D eigenvalue weighted by atomic mass is 10.2. The number of nitrogen functional groups attached to an aromatic ring is 1. The zero-order chi connectivity index (χ0) is 9.97. The van der Waals surface area contributed by atoms with Crippen molar-refractivity contribution in [1.82, 2.24) is 9.97 Å². The Morgan fingerprint density at radius 2 is 1.79 bits per heavy atom. The molecule has 0 atom stereocenters. The number of hydrogen-bond acceptors (Lipinski definition) is 3. The van der Waals surface area contributed by atoms with Crippen molar-refractivity contribution < 1.29 is 0 Å². The predicted octanol–water partition coefficient (Wildman–Crippen LogP) is 2.49. The summed E-state index contributed by atoms with van der Waals surface area (Å²) in [6.07, 6.45) is 3.22. The van der Waals surface area contributed by atoms with E-state index in [-0.39, 0.29) is 0 Å². The zero-order valence-corrected chi connectivity index (χ0v) is 8.90. The molecular formula is C10H8BrN3. The SMILES string of the molecule is Nc1cncc(-c2ccc(Br)cc2)n1. The molecule has 3 nitrogen and oxygen atoms in total. The smallest absolute Gasteiger partial charge is 0.142 e. The Kier molecular flexibility index (Phi) is 2.45. The minimum absolute atomic E-state index is 0.436. The molecule has 0 unspecified atom stereocenters. The molecule has 1 aromatic carbocycles. The lowest BCUT2D eigenvalue weighted by Crippen LogP contribution is -1.93. The maximum atomic E-state index is 5.54. The second-order valence-corrected chi connectivity index (χ2v) is 3.75. The van der Waals surface area contributed by atoms with Crippen molar-refractivity contribution in [3.05, 3.63) is 41.1 Å². The fourth-order valence-electron chi connectivity index (χ4n) is 1.14. The molecule has 1 heterocycles. The molecule has 1 aromatic heterocycles. The van der Waals surface area contributed by atoms with Gasteiger partial charge in [-0.15, -0.1) is 0 Å². The highest BCUT2D eigenvalue weighted by atomic mass is 79.9. The largest absolute Gasteiger partial charge is 0.382 e. The van der Waals surface area contributed by atoms with Gasteiger partial charge in [0, 0.05) is 10.0 Å². The molecule has 0 radical (unpaired) electrons. The molecule has 70 valence electrons. The van der Waals surface area contributed by atoms with Crippen LogP contribution in [0.4, 0.5) is 5.82 Å². The Bertz CT molecular complexity index is 439. The van der Waals surface area contributed by atoms with Crippen molar-refractivity contribution in [2.24, 2.45) is 0 Å². The zero-order valence-electron chi connectivity index (χ0n) is 7.31. The molecule has 0 saturated heterocycles. The first kappa shape index (κ1) is 9.15. The number of rotatable bonds is 1. The summed E-state index contributed by atoms with van der Waals surface area (Å²) in [4.78, 5) is 8.16. The third-order valence-corrected chi connectivity index (χ3v) is 2.32. The van der Waals surface area contributed by atoms with Crippen LogP contribution in [0.25, 0.3) is 11.3 Å². The van der Waals surface area contributed by atoms with Crippen LogP contribution >= 0.6 is 15.9 Å². The van der Waals surface area contributed by atoms with Crippen molar-refractivity contribution >= 4 is 21.7 Å². The first-order valence-electron chi connectivity index (χ1n) is 4.09. The van der Waals surface area contributed by atoms with Gasteiger partial charge in [0.05, 0.1) is 18.1 Å². The van der Waals surface area contributed by atoms with Crippen LogP contribution in [0.2, 0.25) is 0 Å². The molecule has 2 N–H and O–H groups in total. The Hall–Kier alpha value is -1.42. The number of anilines is 1. The van der Waals surface area contributed by atoms with Crippen molar-refractivity contribution in [2.45, 2.75) is 0 Å². The van der Waals surface area contributed by atoms with Gasteiger partial charge < -0.3 is 5.73 Å². The molecule has 0 aliphatic rings. The first-order chi connectivity index (χ1) is 6.75. The molecule has 4 heteroatoms. The highest BCUT2D eigenvalue weighted by Gasteiger charge is 1.99. The molecule has 0 spiro atoms. The van der Waals surface area contributed by atoms with E-state index in [0.29, 0.717) is 5.82 Å². The maximum absolute atomic E-state index is 5.54. The molecule has 14 heavy (non-hydrogen) atoms. The Balaban J connectivity index is 2.44. The third-order valence-electron chi connectivity index (χ3n) is 1.79. The molecule has 0 bridgehead atoms. The highest BCUT2D eigenvalue weighted by molar-refractivity contribution is 9.10. The first-order valence-corrected chi connectivity index (χ1v) is 4.88. The summed E-state index contributed by atoms with van der Waals surface area (Å²) >= 11 is 3.37. The fraction of sp³-hybridized carbons (Fsp3) is 0. The standard InChI is InChI=1S/C10H8BrN3/c11-8-3-1-7(2-4-8)9-5-13-6-10(12)14-9/h1-6H,(H2,12,14). The van der Waals surface area contributed by atoms with Crippen LogP contribution in [-0.2, 0) is 0 Å². The van der Waals surface area contributed by atoms with E-state index >= 15 is 0 Å². The van der Waals surface area contributed by atoms with E-state index in [9.17, 15) is 0 Å². The van der Waals surface area contributed by atoms with E-state index in [0.717, 1.165) is 15.7 Å². The van der Waals surface area contributed by atoms with E-state index in [1.54, 1.807) is 6.20 Å². The van der Waals surface area contributed by atoms with Gasteiger partial charge in [-0.3, -0.25) is 4.98 Å². The summed E-state index contributed by atoms with van der Waals surface area (Å²) in [5, 5.41) is 0. The van der Waals surface area contributed by atoms with E-state index in [1.807, 2.05) is 24.3 Å². The summed E-state index contributed by atoms with van der Waals surface area (Å²) in [6.45, 7) is 0. The van der Waals surface area contributed by atoms with Crippen LogP contribution < -0.4 is 5.73 Å². The molecule has 0 aliphatic carbocycles. The minimum atomic E-state index is 0.436. The van der Waals surface area contributed by atoms with Gasteiger partial charge in [-0.05, 0) is 12.1 Å². The van der Waals surface area contributed by atoms with Crippen LogP contribution in [0.15, 0.2) is 41.1 Å². The van der Waals surface area contributed by atoms with Gasteiger partial charge in [-0.25, -0.2) is 4.98 Å². The molecule has 0 saturated carbocycles. The monoisotopic (exact) mass is 249 g/mol. The lowest BCUT2D eigenvalue weighted by molar-refractivity contribution is 1.21. The van der Waals surface area contributed by atoms with Crippen molar-refractivity contribution in [3.8, 4) is 11.3 Å². The Morgan fingerprint density at radius 1 is 1.07 bits per heavy atom. The average Bonchev–Trinajstić information content (AvgIpc) is 2.19. The molecule has 2 aromatic rings. The maximum Gasteiger partial charge on any atom is 0.142 e. The van der Waals surface area contributed by atoms with Crippen LogP contribution in [0, 0.1) is 0 Å². The second-order valence-electron chi connectivity index (χ2n) is 2.84. The normalized spacial score (nSPS) is 10.1. The van der Waals surface area contributed by atoms with Gasteiger partial charge in [0.25, 0.3) is 0 Å². The average molecular weight is 250 g/mol. The highest BCUT2D eigenvalue weighted by Crippen LogP contribution is 2.19. The van der Waals surface area contributed by atoms with Crippen LogP contribution in [0.1, 0.15) is 0 Å². The molecule has 0 aliphatic heterocycles. The molecule has 2 rings (SSSR count). The van der Waals surface area contributed by atoms with E-state index in [4.69, 9.17) is 5.73 Å². The lowest BCUT2D eigenvalue weighted by Gasteiger charge is -2.00. The third kappa shape index (κ3) is 1.90. The summed E-state index contributed by atoms with van der Waals surface area (Å²) < 4.78 is 1.04. The summed E-state index contributed by atoms with van der Waals surface area (Å²) in [5.41, 5.74) is 7.34. The summed E-state index contributed by atoms with van der Waals surface area (Å²) in [7, 11) is 0. The van der Waals surface area contributed by atoms with Crippen LogP contribution in [-0.4, -0.2) is 9.97 Å². The number of hydrogen-bond donors (Lipinski definition) is 1. The van der Waals surface area contributed by atoms with Crippen molar-refractivity contribution in [2.75, 3.05) is 5.73 Å². The predicted molar refractivity (Wildman–Crippen MR) is 59.6 cm³/mol. The van der Waals surface area contributed by atoms with Gasteiger partial charge >= 0.3 is 0 Å². The van der Waals surface area contributed by atoms with Gasteiger partial charge in [0.2, 0.25) is 0 Å². The number of halogens is 1. The van der Waals surface area contributed by atoms with E-state index < -0.39 is 0 Å².